The molecule has 14 heavy (non-hydrogen) atoms. The number of allylic oxidation sites excluding steroid dienone is 2. The number of ether oxygens (including phenoxy) is 1. The Bertz CT molecular complexity index is 286. The molecule has 3 heteroatoms. The van der Waals surface area contributed by atoms with Crippen LogP contribution in [0.1, 0.15) is 20.8 Å². The fourth-order valence-corrected chi connectivity index (χ4v) is 0.812. The van der Waals surface area contributed by atoms with Crippen molar-refractivity contribution in [1.29, 1.82) is 0 Å². The molecule has 0 amide bonds. The molecule has 0 radical (unpaired) electrons. The van der Waals surface area contributed by atoms with Gasteiger partial charge in [0, 0.05) is 5.71 Å². The predicted octanol–water partition coefficient (Wildman–Crippen LogP) is 3.38. The maximum absolute atomic E-state index is 13.2. The first-order valence-electron chi connectivity index (χ1n) is 4.39. The van der Waals surface area contributed by atoms with Crippen molar-refractivity contribution >= 4 is 5.71 Å². The Labute approximate surface area is 84.5 Å². The first-order valence-corrected chi connectivity index (χ1v) is 4.39. The predicted molar refractivity (Wildman–Crippen MR) is 57.9 cm³/mol. The topological polar surface area (TPSA) is 21.6 Å². The average molecular weight is 197 g/mol. The van der Waals surface area contributed by atoms with Crippen LogP contribution < -0.4 is 0 Å². The van der Waals surface area contributed by atoms with Crippen molar-refractivity contribution in [2.24, 2.45) is 4.99 Å². The second-order valence-corrected chi connectivity index (χ2v) is 2.82. The van der Waals surface area contributed by atoms with E-state index in [2.05, 4.69) is 18.2 Å². The van der Waals surface area contributed by atoms with E-state index in [-0.39, 0.29) is 11.5 Å². The van der Waals surface area contributed by atoms with E-state index in [1.165, 1.54) is 0 Å². The summed E-state index contributed by atoms with van der Waals surface area (Å²) in [5.74, 6) is -0.296. The lowest BCUT2D eigenvalue weighted by Gasteiger charge is -2.07. The van der Waals surface area contributed by atoms with E-state index in [0.717, 1.165) is 11.8 Å². The normalized spacial score (nSPS) is 11.4. The number of aliphatic imine (C=N–C) groups is 1. The highest BCUT2D eigenvalue weighted by molar-refractivity contribution is 5.80. The molecule has 78 valence electrons. The maximum Gasteiger partial charge on any atom is 0.151 e. The van der Waals surface area contributed by atoms with Crippen LogP contribution in [0, 0.1) is 0 Å². The number of rotatable bonds is 5. The lowest BCUT2D eigenvalue weighted by atomic mass is 10.3. The lowest BCUT2D eigenvalue weighted by molar-refractivity contribution is 0.237. The van der Waals surface area contributed by atoms with Crippen LogP contribution in [0.4, 0.5) is 4.39 Å². The number of nitrogens with zero attached hydrogens (tertiary/aromatic N) is 1. The summed E-state index contributed by atoms with van der Waals surface area (Å²) >= 11 is 0. The van der Waals surface area contributed by atoms with Gasteiger partial charge in [0.15, 0.2) is 5.83 Å². The SMILES string of the molecule is C=CC(F)=C(N=C(C)C)C(=C)OCC. The van der Waals surface area contributed by atoms with Crippen molar-refractivity contribution in [3.8, 4) is 0 Å². The molecule has 0 aromatic heterocycles. The molecule has 0 aromatic rings. The Morgan fingerprint density at radius 1 is 1.50 bits per heavy atom. The van der Waals surface area contributed by atoms with Gasteiger partial charge in [-0.25, -0.2) is 4.39 Å². The Kier molecular flexibility index (Phi) is 5.53. The van der Waals surface area contributed by atoms with Gasteiger partial charge in [-0.15, -0.1) is 0 Å². The Hall–Kier alpha value is -1.38. The molecule has 0 saturated carbocycles. The first-order chi connectivity index (χ1) is 6.52. The van der Waals surface area contributed by atoms with Crippen molar-refractivity contribution in [2.45, 2.75) is 20.8 Å². The van der Waals surface area contributed by atoms with E-state index in [1.807, 2.05) is 0 Å². The summed E-state index contributed by atoms with van der Waals surface area (Å²) in [4.78, 5) is 3.99. The van der Waals surface area contributed by atoms with Crippen molar-refractivity contribution in [3.63, 3.8) is 0 Å². The molecule has 0 bridgehead atoms. The Morgan fingerprint density at radius 2 is 2.07 bits per heavy atom. The Balaban J connectivity index is 5.02. The second-order valence-electron chi connectivity index (χ2n) is 2.82. The molecule has 0 fully saturated rings. The van der Waals surface area contributed by atoms with Crippen LogP contribution >= 0.6 is 0 Å². The monoisotopic (exact) mass is 197 g/mol. The molecule has 0 spiro atoms. The zero-order chi connectivity index (χ0) is 11.1. The van der Waals surface area contributed by atoms with Gasteiger partial charge >= 0.3 is 0 Å². The molecular weight excluding hydrogens is 181 g/mol. The minimum atomic E-state index is -0.523. The molecule has 0 atom stereocenters. The molecule has 0 aromatic carbocycles. The maximum atomic E-state index is 13.2. The van der Waals surface area contributed by atoms with Crippen LogP contribution in [-0.2, 0) is 4.74 Å². The summed E-state index contributed by atoms with van der Waals surface area (Å²) in [7, 11) is 0. The van der Waals surface area contributed by atoms with Gasteiger partial charge in [-0.2, -0.15) is 0 Å². The van der Waals surface area contributed by atoms with Crippen LogP contribution in [-0.4, -0.2) is 12.3 Å². The zero-order valence-electron chi connectivity index (χ0n) is 8.93. The lowest BCUT2D eigenvalue weighted by Crippen LogP contribution is -1.96. The molecule has 0 saturated heterocycles. The Morgan fingerprint density at radius 3 is 2.43 bits per heavy atom. The summed E-state index contributed by atoms with van der Waals surface area (Å²) in [6.45, 7) is 12.7. The van der Waals surface area contributed by atoms with Gasteiger partial charge in [0.1, 0.15) is 11.5 Å². The minimum Gasteiger partial charge on any atom is -0.492 e. The van der Waals surface area contributed by atoms with Crippen molar-refractivity contribution in [2.75, 3.05) is 6.61 Å². The third kappa shape index (κ3) is 4.03. The molecule has 2 nitrogen and oxygen atoms in total. The van der Waals surface area contributed by atoms with Gasteiger partial charge in [0.05, 0.1) is 6.61 Å². The fourth-order valence-electron chi connectivity index (χ4n) is 0.812. The van der Waals surface area contributed by atoms with Crippen LogP contribution in [0.2, 0.25) is 0 Å². The van der Waals surface area contributed by atoms with Gasteiger partial charge in [-0.05, 0) is 26.8 Å². The van der Waals surface area contributed by atoms with Crippen LogP contribution in [0.15, 0.2) is 41.5 Å². The molecule has 0 rings (SSSR count). The summed E-state index contributed by atoms with van der Waals surface area (Å²) < 4.78 is 18.3. The third-order valence-corrected chi connectivity index (χ3v) is 1.32. The van der Waals surface area contributed by atoms with Gasteiger partial charge in [0.2, 0.25) is 0 Å². The van der Waals surface area contributed by atoms with E-state index in [9.17, 15) is 4.39 Å². The minimum absolute atomic E-state index is 0.113. The van der Waals surface area contributed by atoms with Crippen molar-refractivity contribution in [3.05, 3.63) is 36.5 Å². The standard InChI is InChI=1S/C11H16FNO/c1-6-10(12)11(13-8(3)4)9(5)14-7-2/h6H,1,5,7H2,2-4H3. The third-order valence-electron chi connectivity index (χ3n) is 1.32. The largest absolute Gasteiger partial charge is 0.492 e. The highest BCUT2D eigenvalue weighted by atomic mass is 19.1. The second kappa shape index (κ2) is 6.13. The molecule has 0 heterocycles. The molecular formula is C11H16FNO. The van der Waals surface area contributed by atoms with Gasteiger partial charge in [0.25, 0.3) is 0 Å². The quantitative estimate of drug-likeness (QED) is 0.376. The highest BCUT2D eigenvalue weighted by Crippen LogP contribution is 2.18. The van der Waals surface area contributed by atoms with Crippen LogP contribution in [0.5, 0.6) is 0 Å². The van der Waals surface area contributed by atoms with Gasteiger partial charge in [-0.1, -0.05) is 13.2 Å². The number of hydrogen-bond donors (Lipinski definition) is 0. The number of hydrogen-bond acceptors (Lipinski definition) is 2. The van der Waals surface area contributed by atoms with Gasteiger partial charge < -0.3 is 4.74 Å². The van der Waals surface area contributed by atoms with E-state index < -0.39 is 5.83 Å². The molecule has 0 aliphatic carbocycles. The van der Waals surface area contributed by atoms with Crippen molar-refractivity contribution < 1.29 is 9.13 Å². The van der Waals surface area contributed by atoms with E-state index >= 15 is 0 Å². The highest BCUT2D eigenvalue weighted by Gasteiger charge is 2.07. The summed E-state index contributed by atoms with van der Waals surface area (Å²) in [6, 6.07) is 0. The molecule has 0 aliphatic heterocycles. The van der Waals surface area contributed by atoms with E-state index in [1.54, 1.807) is 20.8 Å². The van der Waals surface area contributed by atoms with Crippen LogP contribution in [0.25, 0.3) is 0 Å². The summed E-state index contributed by atoms with van der Waals surface area (Å²) in [5, 5.41) is 0. The smallest absolute Gasteiger partial charge is 0.151 e. The fraction of sp³-hybridized carbons (Fsp3) is 0.364. The zero-order valence-corrected chi connectivity index (χ0v) is 8.93. The van der Waals surface area contributed by atoms with E-state index in [4.69, 9.17) is 4.74 Å². The summed E-state index contributed by atoms with van der Waals surface area (Å²) in [5.41, 5.74) is 0.847. The average Bonchev–Trinajstić information content (AvgIpc) is 2.13. The number of halogens is 1. The van der Waals surface area contributed by atoms with E-state index in [0.29, 0.717) is 6.61 Å². The van der Waals surface area contributed by atoms with Crippen LogP contribution in [0.3, 0.4) is 0 Å². The first kappa shape index (κ1) is 12.6. The molecule has 0 unspecified atom stereocenters. The van der Waals surface area contributed by atoms with Gasteiger partial charge in [-0.3, -0.25) is 4.99 Å². The molecule has 0 aliphatic rings. The van der Waals surface area contributed by atoms with Crippen molar-refractivity contribution in [1.82, 2.24) is 0 Å². The summed E-state index contributed by atoms with van der Waals surface area (Å²) in [6.07, 6.45) is 1.09. The molecule has 0 N–H and O–H groups in total.